The molecule has 2 aromatic rings. The van der Waals surface area contributed by atoms with Gasteiger partial charge in [-0.05, 0) is 54.7 Å². The summed E-state index contributed by atoms with van der Waals surface area (Å²) in [6.45, 7) is 4.40. The van der Waals surface area contributed by atoms with Crippen LogP contribution in [0.2, 0.25) is 0 Å². The van der Waals surface area contributed by atoms with Crippen LogP contribution < -0.4 is 10.0 Å². The van der Waals surface area contributed by atoms with Crippen molar-refractivity contribution in [3.05, 3.63) is 60.2 Å². The lowest BCUT2D eigenvalue weighted by Gasteiger charge is -2.34. The van der Waals surface area contributed by atoms with Crippen LogP contribution in [0.4, 0.5) is 5.69 Å². The third-order valence-corrected chi connectivity index (χ3v) is 6.87. The zero-order valence-corrected chi connectivity index (χ0v) is 16.5. The first-order valence-corrected chi connectivity index (χ1v) is 10.8. The van der Waals surface area contributed by atoms with Gasteiger partial charge in [0.25, 0.3) is 15.9 Å². The van der Waals surface area contributed by atoms with E-state index in [9.17, 15) is 13.2 Å². The predicted molar refractivity (Wildman–Crippen MR) is 107 cm³/mol. The van der Waals surface area contributed by atoms with Crippen LogP contribution >= 0.6 is 0 Å². The number of hydrogen-bond acceptors (Lipinski definition) is 3. The molecular formula is C21H26N2O3S. The summed E-state index contributed by atoms with van der Waals surface area (Å²) in [7, 11) is -3.68. The summed E-state index contributed by atoms with van der Waals surface area (Å²) >= 11 is 0. The Hall–Kier alpha value is -2.34. The van der Waals surface area contributed by atoms with Gasteiger partial charge in [-0.15, -0.1) is 0 Å². The van der Waals surface area contributed by atoms with Gasteiger partial charge in [-0.1, -0.05) is 44.9 Å². The van der Waals surface area contributed by atoms with E-state index in [0.29, 0.717) is 23.1 Å². The second kappa shape index (κ2) is 8.13. The number of carbonyl (C=O) groups is 1. The molecule has 0 saturated heterocycles. The van der Waals surface area contributed by atoms with Gasteiger partial charge in [0.2, 0.25) is 0 Å². The summed E-state index contributed by atoms with van der Waals surface area (Å²) in [4.78, 5) is 12.7. The number of hydrogen-bond donors (Lipinski definition) is 2. The minimum Gasteiger partial charge on any atom is -0.349 e. The number of benzene rings is 2. The molecule has 1 aliphatic carbocycles. The molecule has 3 rings (SSSR count). The summed E-state index contributed by atoms with van der Waals surface area (Å²) in [5, 5.41) is 3.11. The Bertz CT molecular complexity index is 879. The van der Waals surface area contributed by atoms with Crippen molar-refractivity contribution in [2.45, 2.75) is 44.0 Å². The van der Waals surface area contributed by atoms with Crippen LogP contribution in [0.25, 0.3) is 0 Å². The molecule has 0 aliphatic heterocycles. The van der Waals surface area contributed by atoms with Crippen LogP contribution in [0.15, 0.2) is 59.5 Å². The van der Waals surface area contributed by atoms with Crippen LogP contribution in [0.3, 0.4) is 0 Å². The maximum Gasteiger partial charge on any atom is 0.261 e. The minimum atomic E-state index is -3.68. The highest BCUT2D eigenvalue weighted by atomic mass is 32.2. The number of nitrogens with one attached hydrogen (secondary N) is 2. The van der Waals surface area contributed by atoms with E-state index in [1.54, 1.807) is 36.4 Å². The first-order chi connectivity index (χ1) is 12.9. The SMILES string of the molecule is C[C@@H]1[C@@H](C)CCC[C@H]1NC(=O)c1ccc(S(=O)(=O)Nc2ccccc2)cc1. The largest absolute Gasteiger partial charge is 0.349 e. The van der Waals surface area contributed by atoms with Gasteiger partial charge in [0, 0.05) is 17.3 Å². The molecule has 1 fully saturated rings. The van der Waals surface area contributed by atoms with E-state index in [4.69, 9.17) is 0 Å². The zero-order chi connectivity index (χ0) is 19.4. The van der Waals surface area contributed by atoms with E-state index in [2.05, 4.69) is 23.9 Å². The van der Waals surface area contributed by atoms with Gasteiger partial charge in [0.1, 0.15) is 0 Å². The second-order valence-electron chi connectivity index (χ2n) is 7.34. The van der Waals surface area contributed by atoms with Gasteiger partial charge < -0.3 is 5.32 Å². The fraction of sp³-hybridized carbons (Fsp3) is 0.381. The summed E-state index contributed by atoms with van der Waals surface area (Å²) < 4.78 is 27.5. The maximum atomic E-state index is 12.5. The van der Waals surface area contributed by atoms with Crippen molar-refractivity contribution in [2.24, 2.45) is 11.8 Å². The van der Waals surface area contributed by atoms with Crippen molar-refractivity contribution < 1.29 is 13.2 Å². The molecule has 2 aromatic carbocycles. The molecule has 0 unspecified atom stereocenters. The van der Waals surface area contributed by atoms with Crippen molar-refractivity contribution in [1.82, 2.24) is 5.32 Å². The van der Waals surface area contributed by atoms with Crippen LogP contribution in [0, 0.1) is 11.8 Å². The van der Waals surface area contributed by atoms with Gasteiger partial charge in [-0.2, -0.15) is 0 Å². The molecule has 0 bridgehead atoms. The molecule has 27 heavy (non-hydrogen) atoms. The van der Waals surface area contributed by atoms with E-state index in [1.807, 2.05) is 6.07 Å². The Morgan fingerprint density at radius 3 is 2.30 bits per heavy atom. The first kappa shape index (κ1) is 19.4. The third-order valence-electron chi connectivity index (χ3n) is 5.48. The van der Waals surface area contributed by atoms with E-state index < -0.39 is 10.0 Å². The molecule has 2 N–H and O–H groups in total. The van der Waals surface area contributed by atoms with E-state index >= 15 is 0 Å². The Morgan fingerprint density at radius 1 is 0.963 bits per heavy atom. The molecule has 0 heterocycles. The van der Waals surface area contributed by atoms with Crippen LogP contribution in [0.1, 0.15) is 43.5 Å². The van der Waals surface area contributed by atoms with Crippen molar-refractivity contribution in [2.75, 3.05) is 4.72 Å². The minimum absolute atomic E-state index is 0.127. The topological polar surface area (TPSA) is 75.3 Å². The van der Waals surface area contributed by atoms with Gasteiger partial charge in [0.15, 0.2) is 0 Å². The molecule has 6 heteroatoms. The first-order valence-electron chi connectivity index (χ1n) is 9.35. The number of amides is 1. The van der Waals surface area contributed by atoms with Crippen molar-refractivity contribution in [3.8, 4) is 0 Å². The molecule has 0 aromatic heterocycles. The molecule has 144 valence electrons. The summed E-state index contributed by atoms with van der Waals surface area (Å²) in [6, 6.07) is 14.9. The summed E-state index contributed by atoms with van der Waals surface area (Å²) in [5.74, 6) is 0.888. The van der Waals surface area contributed by atoms with E-state index in [1.165, 1.54) is 18.6 Å². The molecule has 0 radical (unpaired) electrons. The molecule has 3 atom stereocenters. The standard InChI is InChI=1S/C21H26N2O3S/c1-15-7-6-10-20(16(15)2)22-21(24)17-11-13-19(14-12-17)27(25,26)23-18-8-4-3-5-9-18/h3-5,8-9,11-16,20,23H,6-7,10H2,1-2H3,(H,22,24)/t15-,16+,20+/m0/s1. The average molecular weight is 387 g/mol. The smallest absolute Gasteiger partial charge is 0.261 e. The number of rotatable bonds is 5. The molecular weight excluding hydrogens is 360 g/mol. The average Bonchev–Trinajstić information content (AvgIpc) is 2.66. The fourth-order valence-corrected chi connectivity index (χ4v) is 4.60. The molecule has 0 spiro atoms. The fourth-order valence-electron chi connectivity index (χ4n) is 3.54. The van der Waals surface area contributed by atoms with E-state index in [-0.39, 0.29) is 16.8 Å². The van der Waals surface area contributed by atoms with Crippen LogP contribution in [0.5, 0.6) is 0 Å². The lowest BCUT2D eigenvalue weighted by molar-refractivity contribution is 0.0891. The maximum absolute atomic E-state index is 12.5. The van der Waals surface area contributed by atoms with Gasteiger partial charge >= 0.3 is 0 Å². The highest BCUT2D eigenvalue weighted by Gasteiger charge is 2.28. The normalized spacial score (nSPS) is 22.8. The number of anilines is 1. The second-order valence-corrected chi connectivity index (χ2v) is 9.03. The van der Waals surface area contributed by atoms with Crippen LogP contribution in [-0.4, -0.2) is 20.4 Å². The van der Waals surface area contributed by atoms with Crippen molar-refractivity contribution >= 4 is 21.6 Å². The Labute approximate surface area is 161 Å². The lowest BCUT2D eigenvalue weighted by Crippen LogP contribution is -2.43. The monoisotopic (exact) mass is 386 g/mol. The zero-order valence-electron chi connectivity index (χ0n) is 15.7. The predicted octanol–water partition coefficient (Wildman–Crippen LogP) is 4.04. The van der Waals surface area contributed by atoms with Gasteiger partial charge in [0.05, 0.1) is 4.90 Å². The summed E-state index contributed by atoms with van der Waals surface area (Å²) in [6.07, 6.45) is 3.32. The Balaban J connectivity index is 1.68. The Morgan fingerprint density at radius 2 is 1.63 bits per heavy atom. The molecule has 1 amide bonds. The van der Waals surface area contributed by atoms with Crippen LogP contribution in [-0.2, 0) is 10.0 Å². The third kappa shape index (κ3) is 4.69. The Kier molecular flexibility index (Phi) is 5.85. The lowest BCUT2D eigenvalue weighted by atomic mass is 9.78. The van der Waals surface area contributed by atoms with E-state index in [0.717, 1.165) is 12.8 Å². The van der Waals surface area contributed by atoms with Gasteiger partial charge in [-0.3, -0.25) is 9.52 Å². The van der Waals surface area contributed by atoms with Crippen molar-refractivity contribution in [1.29, 1.82) is 0 Å². The summed E-state index contributed by atoms with van der Waals surface area (Å²) in [5.41, 5.74) is 0.971. The molecule has 1 saturated carbocycles. The molecule has 1 aliphatic rings. The number of sulfonamides is 1. The quantitative estimate of drug-likeness (QED) is 0.814. The highest BCUT2D eigenvalue weighted by Crippen LogP contribution is 2.29. The number of carbonyl (C=O) groups excluding carboxylic acids is 1. The highest BCUT2D eigenvalue weighted by molar-refractivity contribution is 7.92. The van der Waals surface area contributed by atoms with Gasteiger partial charge in [-0.25, -0.2) is 8.42 Å². The number of para-hydroxylation sites is 1. The van der Waals surface area contributed by atoms with Crippen molar-refractivity contribution in [3.63, 3.8) is 0 Å². The molecule has 5 nitrogen and oxygen atoms in total.